The largest absolute Gasteiger partial charge is 2.00 e. The molecular formula is C40H62N2Pd. The molecule has 3 heteroatoms. The molecule has 0 saturated carbocycles. The van der Waals surface area contributed by atoms with E-state index in [0.29, 0.717) is 0 Å². The third kappa shape index (κ3) is 13.4. The molecule has 2 nitrogen and oxygen atoms in total. The molecule has 242 valence electrons. The summed E-state index contributed by atoms with van der Waals surface area (Å²) in [5.74, 6) is 0. The summed E-state index contributed by atoms with van der Waals surface area (Å²) in [5.41, 5.74) is 21.7. The van der Waals surface area contributed by atoms with Crippen LogP contribution in [0.25, 0.3) is 16.9 Å². The molecule has 3 rings (SSSR count). The van der Waals surface area contributed by atoms with Gasteiger partial charge in [0.1, 0.15) is 0 Å². The van der Waals surface area contributed by atoms with Gasteiger partial charge in [-0.05, 0) is 86.8 Å². The smallest absolute Gasteiger partial charge is 0.493 e. The number of allylic oxidation sites excluding steroid dienone is 2. The predicted molar refractivity (Wildman–Crippen MR) is 187 cm³/mol. The summed E-state index contributed by atoms with van der Waals surface area (Å²) in [5, 5.41) is 0. The molecule has 0 spiro atoms. The minimum atomic E-state index is 0. The fraction of sp³-hybridized carbons (Fsp3) is 0.550. The molecule has 0 aliphatic carbocycles. The number of benzene rings is 2. The van der Waals surface area contributed by atoms with Gasteiger partial charge in [0, 0.05) is 22.3 Å². The Morgan fingerprint density at radius 2 is 0.977 bits per heavy atom. The molecule has 0 N–H and O–H groups in total. The van der Waals surface area contributed by atoms with Crippen LogP contribution in [0.5, 0.6) is 0 Å². The molecular weight excluding hydrogens is 615 g/mol. The van der Waals surface area contributed by atoms with E-state index in [0.717, 1.165) is 61.0 Å². The number of aryl methyl sites for hydroxylation is 2. The molecule has 0 amide bonds. The van der Waals surface area contributed by atoms with Crippen molar-refractivity contribution in [1.82, 2.24) is 0 Å². The van der Waals surface area contributed by atoms with Crippen LogP contribution in [-0.4, -0.2) is 4.70 Å². The second-order valence-corrected chi connectivity index (χ2v) is 11.2. The van der Waals surface area contributed by atoms with Crippen molar-refractivity contribution in [2.45, 2.75) is 144 Å². The van der Waals surface area contributed by atoms with E-state index < -0.39 is 0 Å². The third-order valence-electron chi connectivity index (χ3n) is 7.99. The van der Waals surface area contributed by atoms with Crippen LogP contribution in [0, 0.1) is 13.8 Å². The third-order valence-corrected chi connectivity index (χ3v) is 7.99. The Balaban J connectivity index is 0.00000338. The molecule has 43 heavy (non-hydrogen) atoms. The molecule has 0 radical (unpaired) electrons. The van der Waals surface area contributed by atoms with Gasteiger partial charge in [0.15, 0.2) is 0 Å². The van der Waals surface area contributed by atoms with E-state index in [1.165, 1.54) is 86.5 Å². The molecule has 2 aromatic rings. The van der Waals surface area contributed by atoms with Gasteiger partial charge < -0.3 is 19.4 Å². The van der Waals surface area contributed by atoms with Crippen molar-refractivity contribution in [3.63, 3.8) is 0 Å². The second-order valence-electron chi connectivity index (χ2n) is 11.2. The molecule has 1 aliphatic rings. The van der Waals surface area contributed by atoms with Gasteiger partial charge in [0.25, 0.3) is 0 Å². The molecule has 2 aromatic carbocycles. The van der Waals surface area contributed by atoms with Gasteiger partial charge in [0.05, 0.1) is 0 Å². The van der Waals surface area contributed by atoms with E-state index in [9.17, 15) is 5.53 Å². The van der Waals surface area contributed by atoms with E-state index >= 15 is 0 Å². The first-order valence-electron chi connectivity index (χ1n) is 17.2. The van der Waals surface area contributed by atoms with Crippen LogP contribution in [0.15, 0.2) is 59.7 Å². The van der Waals surface area contributed by atoms with Crippen LogP contribution in [0.4, 0.5) is 0 Å². The molecule has 0 fully saturated rings. The topological polar surface area (TPSA) is 25.3 Å². The molecule has 0 atom stereocenters. The summed E-state index contributed by atoms with van der Waals surface area (Å²) in [6.45, 7) is 19.0. The average molecular weight is 677 g/mol. The summed E-state index contributed by atoms with van der Waals surface area (Å²) >= 11 is 0. The Hall–Kier alpha value is -1.82. The standard InChI is InChI=1S/C36H52N2.2C2H5.Pd/c1-5-9-13-14-15-16-23-34-33(22-12-8-4)36(32-21-17-20-30(28-32)19-11-7-3)38(37)35(34)31-26-24-29(25-27-31)18-10-6-2;2*1-2;/h17,20-21,24-28H,5-16,18-19,22-23H2,1-4H3;2*1H2,2H3;/q;2*-1;+2. The minimum Gasteiger partial charge on any atom is -0.493 e. The number of unbranched alkanes of at least 4 members (excludes halogenated alkanes) is 8. The Kier molecular flexibility index (Phi) is 24.4. The van der Waals surface area contributed by atoms with E-state index in [2.05, 4.69) is 90.1 Å². The molecule has 0 aromatic heterocycles. The van der Waals surface area contributed by atoms with Crippen molar-refractivity contribution in [3.05, 3.63) is 101 Å². The summed E-state index contributed by atoms with van der Waals surface area (Å²) in [6.07, 6.45) is 19.1. The monoisotopic (exact) mass is 676 g/mol. The van der Waals surface area contributed by atoms with Gasteiger partial charge in [-0.3, -0.25) is 0 Å². The number of nitrogens with zero attached hydrogens (tertiary/aromatic N) is 2. The first-order valence-corrected chi connectivity index (χ1v) is 17.2. The number of hydrogen-bond acceptors (Lipinski definition) is 0. The molecule has 0 saturated heterocycles. The zero-order valence-electron chi connectivity index (χ0n) is 28.6. The summed E-state index contributed by atoms with van der Waals surface area (Å²) in [7, 11) is 0. The number of hydrogen-bond donors (Lipinski definition) is 0. The van der Waals surface area contributed by atoms with Crippen molar-refractivity contribution < 1.29 is 25.1 Å². The maximum atomic E-state index is 11.9. The Morgan fingerprint density at radius 3 is 1.56 bits per heavy atom. The molecule has 0 bridgehead atoms. The Morgan fingerprint density at radius 1 is 0.512 bits per heavy atom. The van der Waals surface area contributed by atoms with E-state index in [1.54, 1.807) is 18.5 Å². The van der Waals surface area contributed by atoms with Crippen LogP contribution in [0.1, 0.15) is 154 Å². The van der Waals surface area contributed by atoms with Gasteiger partial charge >= 0.3 is 20.4 Å². The van der Waals surface area contributed by atoms with Crippen molar-refractivity contribution in [1.29, 1.82) is 0 Å². The van der Waals surface area contributed by atoms with Gasteiger partial charge in [-0.15, -0.1) is 0 Å². The quantitative estimate of drug-likeness (QED) is 0.0650. The average Bonchev–Trinajstić information content (AvgIpc) is 3.32. The van der Waals surface area contributed by atoms with Gasteiger partial charge in [0.2, 0.25) is 11.4 Å². The summed E-state index contributed by atoms with van der Waals surface area (Å²) in [6, 6.07) is 17.9. The van der Waals surface area contributed by atoms with E-state index in [-0.39, 0.29) is 20.4 Å². The zero-order chi connectivity index (χ0) is 31.2. The van der Waals surface area contributed by atoms with E-state index in [4.69, 9.17) is 0 Å². The fourth-order valence-corrected chi connectivity index (χ4v) is 5.69. The van der Waals surface area contributed by atoms with Crippen molar-refractivity contribution in [2.75, 3.05) is 0 Å². The Labute approximate surface area is 281 Å². The normalized spacial score (nSPS) is 12.4. The maximum absolute atomic E-state index is 11.9. The van der Waals surface area contributed by atoms with Gasteiger partial charge in [-0.25, -0.2) is 4.70 Å². The second kappa shape index (κ2) is 25.5. The Bertz CT molecular complexity index is 1080. The van der Waals surface area contributed by atoms with Crippen LogP contribution in [0.2, 0.25) is 0 Å². The molecule has 0 unspecified atom stereocenters. The minimum absolute atomic E-state index is 0. The van der Waals surface area contributed by atoms with Crippen molar-refractivity contribution in [3.8, 4) is 0 Å². The van der Waals surface area contributed by atoms with Gasteiger partial charge in [-0.2, -0.15) is 13.8 Å². The van der Waals surface area contributed by atoms with Crippen LogP contribution in [-0.2, 0) is 33.3 Å². The number of rotatable bonds is 18. The SMILES string of the molecule is CCCCCCCCC1=C(c2ccc(CCCC)cc2)[N+](=[N-])C(c2cccc(CCCC)c2)=C1CCCC.[CH2-]C.[CH2-]C.[Pd+2]. The summed E-state index contributed by atoms with van der Waals surface area (Å²) < 4.78 is 1.55. The first-order chi connectivity index (χ1) is 20.6. The maximum Gasteiger partial charge on any atom is 2.00 e. The fourth-order valence-electron chi connectivity index (χ4n) is 5.69. The van der Waals surface area contributed by atoms with Crippen molar-refractivity contribution >= 4 is 11.4 Å². The molecule has 1 aliphatic heterocycles. The van der Waals surface area contributed by atoms with Crippen LogP contribution >= 0.6 is 0 Å². The molecule has 1 heterocycles. The van der Waals surface area contributed by atoms with Gasteiger partial charge in [-0.1, -0.05) is 103 Å². The van der Waals surface area contributed by atoms with Crippen molar-refractivity contribution in [2.24, 2.45) is 0 Å². The van der Waals surface area contributed by atoms with Crippen LogP contribution in [0.3, 0.4) is 0 Å². The predicted octanol–water partition coefficient (Wildman–Crippen LogP) is 13.2. The first kappa shape index (κ1) is 41.2. The zero-order valence-corrected chi connectivity index (χ0v) is 30.1. The summed E-state index contributed by atoms with van der Waals surface area (Å²) in [4.78, 5) is 0. The van der Waals surface area contributed by atoms with E-state index in [1.807, 2.05) is 0 Å². The van der Waals surface area contributed by atoms with Crippen LogP contribution < -0.4 is 0 Å².